The smallest absolute Gasteiger partial charge is 0.341 e. The Hall–Kier alpha value is -1.90. The summed E-state index contributed by atoms with van der Waals surface area (Å²) in [6, 6.07) is 7.48. The summed E-state index contributed by atoms with van der Waals surface area (Å²) in [4.78, 5) is 20.9. The molecule has 0 saturated heterocycles. The standard InChI is InChI=1S/2C8H6Cl2O3.C2H7N/c1-13-7-5(10)3-2-4(9)6(7)8(11)12;9-5-1-2-7(6(10)3-5)13-4-8(11)12;1-2-3/h2-3H,1H3,(H,11,12);1-3H,4H2,(H,11,12);2-3H2,1H3. The van der Waals surface area contributed by atoms with Crippen molar-refractivity contribution in [1.82, 2.24) is 0 Å². The molecule has 0 saturated carbocycles. The van der Waals surface area contributed by atoms with E-state index in [-0.39, 0.29) is 21.4 Å². The van der Waals surface area contributed by atoms with Crippen LogP contribution in [0, 0.1) is 0 Å². The lowest BCUT2D eigenvalue weighted by Crippen LogP contribution is -2.09. The molecule has 11 heteroatoms. The Bertz CT molecular complexity index is 832. The number of carboxylic acid groups (broad SMARTS) is 2. The average Bonchev–Trinajstić information content (AvgIpc) is 2.63. The summed E-state index contributed by atoms with van der Waals surface area (Å²) in [6.07, 6.45) is 0. The van der Waals surface area contributed by atoms with Gasteiger partial charge >= 0.3 is 11.9 Å². The zero-order valence-corrected chi connectivity index (χ0v) is 18.4. The minimum absolute atomic E-state index is 0.0849. The summed E-state index contributed by atoms with van der Waals surface area (Å²) in [7, 11) is 1.34. The Morgan fingerprint density at radius 3 is 1.97 bits per heavy atom. The van der Waals surface area contributed by atoms with Crippen LogP contribution in [0.4, 0.5) is 0 Å². The summed E-state index contributed by atoms with van der Waals surface area (Å²) < 4.78 is 9.68. The lowest BCUT2D eigenvalue weighted by atomic mass is 10.2. The van der Waals surface area contributed by atoms with Gasteiger partial charge in [0.05, 0.1) is 22.2 Å². The van der Waals surface area contributed by atoms with Crippen LogP contribution in [0.3, 0.4) is 0 Å². The molecule has 7 nitrogen and oxygen atoms in total. The molecule has 2 rings (SSSR count). The number of aromatic carboxylic acids is 1. The Labute approximate surface area is 187 Å². The highest BCUT2D eigenvalue weighted by molar-refractivity contribution is 6.37. The maximum atomic E-state index is 10.7. The predicted octanol–water partition coefficient (Wildman–Crippen LogP) is 5.12. The molecule has 0 aliphatic rings. The second-order valence-electron chi connectivity index (χ2n) is 4.91. The molecule has 0 heterocycles. The maximum absolute atomic E-state index is 10.7. The number of hydrogen-bond donors (Lipinski definition) is 3. The van der Waals surface area contributed by atoms with Crippen molar-refractivity contribution in [2.75, 3.05) is 20.3 Å². The monoisotopic (exact) mass is 485 g/mol. The second kappa shape index (κ2) is 14.1. The van der Waals surface area contributed by atoms with Crippen molar-refractivity contribution in [3.63, 3.8) is 0 Å². The van der Waals surface area contributed by atoms with Gasteiger partial charge in [-0.2, -0.15) is 0 Å². The van der Waals surface area contributed by atoms with E-state index in [0.29, 0.717) is 15.8 Å². The number of carbonyl (C=O) groups is 2. The van der Waals surface area contributed by atoms with Gasteiger partial charge in [-0.05, 0) is 36.9 Å². The van der Waals surface area contributed by atoms with Crippen LogP contribution < -0.4 is 15.2 Å². The molecule has 160 valence electrons. The minimum Gasteiger partial charge on any atom is -0.494 e. The van der Waals surface area contributed by atoms with Crippen LogP contribution in [0.2, 0.25) is 20.1 Å². The molecule has 0 unspecified atom stereocenters. The summed E-state index contributed by atoms with van der Waals surface area (Å²) in [6.45, 7) is 2.24. The van der Waals surface area contributed by atoms with E-state index >= 15 is 0 Å². The number of carboxylic acids is 2. The van der Waals surface area contributed by atoms with Crippen molar-refractivity contribution in [3.8, 4) is 11.5 Å². The normalized spacial score (nSPS) is 9.34. The first-order valence-electron chi connectivity index (χ1n) is 7.83. The molecular formula is C18H19Cl4NO6. The van der Waals surface area contributed by atoms with Gasteiger partial charge in [0, 0.05) is 5.02 Å². The van der Waals surface area contributed by atoms with Crippen molar-refractivity contribution in [1.29, 1.82) is 0 Å². The van der Waals surface area contributed by atoms with Crippen LogP contribution in [-0.4, -0.2) is 42.4 Å². The molecule has 0 bridgehead atoms. The van der Waals surface area contributed by atoms with E-state index in [9.17, 15) is 9.59 Å². The number of rotatable bonds is 5. The quantitative estimate of drug-likeness (QED) is 0.536. The van der Waals surface area contributed by atoms with E-state index in [1.165, 1.54) is 31.4 Å². The highest BCUT2D eigenvalue weighted by Gasteiger charge is 2.18. The van der Waals surface area contributed by atoms with E-state index in [0.717, 1.165) is 6.54 Å². The number of benzene rings is 2. The Balaban J connectivity index is 0.000000477. The van der Waals surface area contributed by atoms with Gasteiger partial charge in [0.2, 0.25) is 0 Å². The predicted molar refractivity (Wildman–Crippen MR) is 114 cm³/mol. The van der Waals surface area contributed by atoms with Crippen molar-refractivity contribution < 1.29 is 29.3 Å². The van der Waals surface area contributed by atoms with Crippen LogP contribution in [0.25, 0.3) is 0 Å². The van der Waals surface area contributed by atoms with Crippen molar-refractivity contribution in [3.05, 3.63) is 56.0 Å². The molecule has 0 aliphatic carbocycles. The zero-order valence-electron chi connectivity index (χ0n) is 15.4. The molecule has 0 atom stereocenters. The number of nitrogens with two attached hydrogens (primary N) is 1. The summed E-state index contributed by atoms with van der Waals surface area (Å²) in [5.74, 6) is -1.81. The van der Waals surface area contributed by atoms with Gasteiger partial charge < -0.3 is 25.4 Å². The van der Waals surface area contributed by atoms with Gasteiger partial charge in [-0.3, -0.25) is 0 Å². The highest BCUT2D eigenvalue weighted by Crippen LogP contribution is 2.33. The van der Waals surface area contributed by atoms with Gasteiger partial charge in [-0.15, -0.1) is 0 Å². The fourth-order valence-corrected chi connectivity index (χ4v) is 2.59. The Morgan fingerprint density at radius 1 is 1.00 bits per heavy atom. The largest absolute Gasteiger partial charge is 0.494 e. The van der Waals surface area contributed by atoms with E-state index in [1.807, 2.05) is 6.92 Å². The molecule has 4 N–H and O–H groups in total. The molecule has 0 fully saturated rings. The molecular weight excluding hydrogens is 468 g/mol. The Kier molecular flexibility index (Phi) is 13.2. The molecule has 0 amide bonds. The Morgan fingerprint density at radius 2 is 1.55 bits per heavy atom. The molecule has 0 aliphatic heterocycles. The zero-order chi connectivity index (χ0) is 22.6. The number of halogens is 4. The number of aliphatic carboxylic acids is 1. The average molecular weight is 487 g/mol. The van der Waals surface area contributed by atoms with Crippen LogP contribution in [0.5, 0.6) is 11.5 Å². The molecule has 2 aromatic carbocycles. The third kappa shape index (κ3) is 9.92. The third-order valence-electron chi connectivity index (χ3n) is 2.72. The molecule has 29 heavy (non-hydrogen) atoms. The van der Waals surface area contributed by atoms with Crippen molar-refractivity contribution >= 4 is 58.3 Å². The molecule has 0 spiro atoms. The van der Waals surface area contributed by atoms with Gasteiger partial charge in [0.1, 0.15) is 11.3 Å². The van der Waals surface area contributed by atoms with Crippen LogP contribution in [-0.2, 0) is 4.79 Å². The summed E-state index contributed by atoms with van der Waals surface area (Å²) >= 11 is 22.7. The highest BCUT2D eigenvalue weighted by atomic mass is 35.5. The van der Waals surface area contributed by atoms with Crippen molar-refractivity contribution in [2.45, 2.75) is 6.92 Å². The summed E-state index contributed by atoms with van der Waals surface area (Å²) in [5.41, 5.74) is 4.73. The lowest BCUT2D eigenvalue weighted by Gasteiger charge is -2.07. The minimum atomic E-state index is -1.16. The first-order chi connectivity index (χ1) is 13.6. The van der Waals surface area contributed by atoms with Gasteiger partial charge in [-0.1, -0.05) is 53.3 Å². The number of ether oxygens (including phenoxy) is 2. The van der Waals surface area contributed by atoms with Crippen LogP contribution in [0.15, 0.2) is 30.3 Å². The number of hydrogen-bond acceptors (Lipinski definition) is 5. The fraction of sp³-hybridized carbons (Fsp3) is 0.222. The summed E-state index contributed by atoms with van der Waals surface area (Å²) in [5, 5.41) is 18.2. The third-order valence-corrected chi connectivity index (χ3v) is 3.86. The maximum Gasteiger partial charge on any atom is 0.341 e. The number of methoxy groups -OCH3 is 1. The van der Waals surface area contributed by atoms with Gasteiger partial charge in [0.25, 0.3) is 0 Å². The fourth-order valence-electron chi connectivity index (χ4n) is 1.66. The van der Waals surface area contributed by atoms with Crippen LogP contribution in [0.1, 0.15) is 17.3 Å². The molecule has 0 radical (unpaired) electrons. The topological polar surface area (TPSA) is 119 Å². The SMILES string of the molecule is CCN.COc1c(Cl)ccc(Cl)c1C(=O)O.O=C(O)COc1ccc(Cl)cc1Cl. The lowest BCUT2D eigenvalue weighted by molar-refractivity contribution is -0.139. The second-order valence-corrected chi connectivity index (χ2v) is 6.57. The van der Waals surface area contributed by atoms with E-state index in [1.54, 1.807) is 6.07 Å². The van der Waals surface area contributed by atoms with Crippen molar-refractivity contribution in [2.24, 2.45) is 5.73 Å². The molecule has 0 aromatic heterocycles. The van der Waals surface area contributed by atoms with E-state index in [2.05, 4.69) is 0 Å². The van der Waals surface area contributed by atoms with Gasteiger partial charge in [0.15, 0.2) is 12.4 Å². The van der Waals surface area contributed by atoms with Crippen LogP contribution >= 0.6 is 46.4 Å². The first-order valence-corrected chi connectivity index (χ1v) is 9.35. The van der Waals surface area contributed by atoms with Gasteiger partial charge in [-0.25, -0.2) is 9.59 Å². The first kappa shape index (κ1) is 27.1. The van der Waals surface area contributed by atoms with E-state index < -0.39 is 18.5 Å². The molecule has 2 aromatic rings. The van der Waals surface area contributed by atoms with E-state index in [4.69, 9.17) is 71.8 Å².